The van der Waals surface area contributed by atoms with E-state index in [0.29, 0.717) is 44.6 Å². The molecule has 0 unspecified atom stereocenters. The largest absolute Gasteiger partial charge is 0.489 e. The van der Waals surface area contributed by atoms with Crippen LogP contribution in [0.15, 0.2) is 53.4 Å². The van der Waals surface area contributed by atoms with Gasteiger partial charge in [0.1, 0.15) is 12.4 Å². The van der Waals surface area contributed by atoms with Crippen LogP contribution in [-0.2, 0) is 21.4 Å². The number of morpholine rings is 1. The van der Waals surface area contributed by atoms with Gasteiger partial charge in [-0.15, -0.1) is 0 Å². The Morgan fingerprint density at radius 3 is 2.19 bits per heavy atom. The molecule has 0 radical (unpaired) electrons. The molecule has 26 heavy (non-hydrogen) atoms. The van der Waals surface area contributed by atoms with Gasteiger partial charge < -0.3 is 9.47 Å². The van der Waals surface area contributed by atoms with Crippen molar-refractivity contribution in [1.82, 2.24) is 4.31 Å². The highest BCUT2D eigenvalue weighted by atomic mass is 32.2. The molecule has 1 aliphatic rings. The van der Waals surface area contributed by atoms with E-state index in [1.165, 1.54) is 9.87 Å². The van der Waals surface area contributed by atoms with E-state index in [-0.39, 0.29) is 4.90 Å². The van der Waals surface area contributed by atoms with Crippen LogP contribution in [0.1, 0.15) is 30.9 Å². The average molecular weight is 375 g/mol. The van der Waals surface area contributed by atoms with Gasteiger partial charge in [0.15, 0.2) is 0 Å². The van der Waals surface area contributed by atoms with Crippen molar-refractivity contribution in [1.29, 1.82) is 0 Å². The van der Waals surface area contributed by atoms with Crippen molar-refractivity contribution in [2.24, 2.45) is 0 Å². The summed E-state index contributed by atoms with van der Waals surface area (Å²) in [5.41, 5.74) is 2.38. The van der Waals surface area contributed by atoms with E-state index in [1.54, 1.807) is 24.3 Å². The van der Waals surface area contributed by atoms with Gasteiger partial charge in [-0.05, 0) is 41.3 Å². The second-order valence-corrected chi connectivity index (χ2v) is 8.61. The highest BCUT2D eigenvalue weighted by Gasteiger charge is 2.26. The van der Waals surface area contributed by atoms with Gasteiger partial charge in [-0.3, -0.25) is 0 Å². The van der Waals surface area contributed by atoms with Gasteiger partial charge in [0.2, 0.25) is 10.0 Å². The number of hydrogen-bond acceptors (Lipinski definition) is 4. The standard InChI is InChI=1S/C20H25NO4S/c1-16(2)18-5-3-17(4-6-18)15-25-19-7-9-20(10-8-19)26(22,23)21-11-13-24-14-12-21/h3-10,16H,11-15H2,1-2H3. The Labute approximate surface area is 155 Å². The fourth-order valence-electron chi connectivity index (χ4n) is 2.81. The molecule has 6 heteroatoms. The number of ether oxygens (including phenoxy) is 2. The smallest absolute Gasteiger partial charge is 0.243 e. The van der Waals surface area contributed by atoms with Crippen molar-refractivity contribution in [3.05, 3.63) is 59.7 Å². The fourth-order valence-corrected chi connectivity index (χ4v) is 4.22. The first-order chi connectivity index (χ1) is 12.5. The molecule has 0 bridgehead atoms. The molecule has 0 N–H and O–H groups in total. The lowest BCUT2D eigenvalue weighted by atomic mass is 10.0. The monoisotopic (exact) mass is 375 g/mol. The Hall–Kier alpha value is -1.89. The van der Waals surface area contributed by atoms with E-state index in [9.17, 15) is 8.42 Å². The first kappa shape index (κ1) is 18.9. The highest BCUT2D eigenvalue weighted by Crippen LogP contribution is 2.21. The van der Waals surface area contributed by atoms with E-state index < -0.39 is 10.0 Å². The molecule has 0 spiro atoms. The van der Waals surface area contributed by atoms with Gasteiger partial charge in [-0.1, -0.05) is 38.1 Å². The van der Waals surface area contributed by atoms with Crippen molar-refractivity contribution < 1.29 is 17.9 Å². The van der Waals surface area contributed by atoms with E-state index >= 15 is 0 Å². The summed E-state index contributed by atoms with van der Waals surface area (Å²) in [6, 6.07) is 15.0. The molecule has 5 nitrogen and oxygen atoms in total. The second-order valence-electron chi connectivity index (χ2n) is 6.67. The molecule has 2 aromatic carbocycles. The maximum absolute atomic E-state index is 12.6. The van der Waals surface area contributed by atoms with E-state index in [1.807, 2.05) is 0 Å². The fraction of sp³-hybridized carbons (Fsp3) is 0.400. The molecule has 0 amide bonds. The van der Waals surface area contributed by atoms with Gasteiger partial charge in [-0.2, -0.15) is 4.31 Å². The summed E-state index contributed by atoms with van der Waals surface area (Å²) >= 11 is 0. The highest BCUT2D eigenvalue weighted by molar-refractivity contribution is 7.89. The maximum atomic E-state index is 12.6. The topological polar surface area (TPSA) is 55.8 Å². The zero-order valence-electron chi connectivity index (χ0n) is 15.2. The summed E-state index contributed by atoms with van der Waals surface area (Å²) in [6.45, 7) is 6.45. The minimum absolute atomic E-state index is 0.285. The van der Waals surface area contributed by atoms with Crippen LogP contribution in [-0.4, -0.2) is 39.0 Å². The molecule has 0 aliphatic carbocycles. The molecule has 3 rings (SSSR count). The lowest BCUT2D eigenvalue weighted by Gasteiger charge is -2.26. The number of hydrogen-bond donors (Lipinski definition) is 0. The summed E-state index contributed by atoms with van der Waals surface area (Å²) in [5, 5.41) is 0. The van der Waals surface area contributed by atoms with Crippen molar-refractivity contribution >= 4 is 10.0 Å². The van der Waals surface area contributed by atoms with Gasteiger partial charge in [0.25, 0.3) is 0 Å². The van der Waals surface area contributed by atoms with Crippen molar-refractivity contribution in [3.8, 4) is 5.75 Å². The molecule has 1 aliphatic heterocycles. The maximum Gasteiger partial charge on any atom is 0.243 e. The van der Waals surface area contributed by atoms with Crippen LogP contribution in [0.3, 0.4) is 0 Å². The molecule has 1 heterocycles. The zero-order chi connectivity index (χ0) is 18.6. The third-order valence-corrected chi connectivity index (χ3v) is 6.40. The van der Waals surface area contributed by atoms with Crippen LogP contribution < -0.4 is 4.74 Å². The van der Waals surface area contributed by atoms with Crippen LogP contribution in [0.25, 0.3) is 0 Å². The first-order valence-electron chi connectivity index (χ1n) is 8.86. The minimum Gasteiger partial charge on any atom is -0.489 e. The Morgan fingerprint density at radius 1 is 1.00 bits per heavy atom. The molecule has 0 saturated carbocycles. The number of benzene rings is 2. The predicted molar refractivity (Wildman–Crippen MR) is 101 cm³/mol. The summed E-state index contributed by atoms with van der Waals surface area (Å²) in [7, 11) is -3.46. The number of nitrogens with zero attached hydrogens (tertiary/aromatic N) is 1. The van der Waals surface area contributed by atoms with Gasteiger partial charge >= 0.3 is 0 Å². The van der Waals surface area contributed by atoms with E-state index in [2.05, 4.69) is 38.1 Å². The first-order valence-corrected chi connectivity index (χ1v) is 10.3. The second kappa shape index (κ2) is 8.20. The van der Waals surface area contributed by atoms with Gasteiger partial charge in [-0.25, -0.2) is 8.42 Å². The quantitative estimate of drug-likeness (QED) is 0.776. The summed E-state index contributed by atoms with van der Waals surface area (Å²) in [4.78, 5) is 0.285. The SMILES string of the molecule is CC(C)c1ccc(COc2ccc(S(=O)(=O)N3CCOCC3)cc2)cc1. The molecule has 140 valence electrons. The Kier molecular flexibility index (Phi) is 5.96. The van der Waals surface area contributed by atoms with Crippen molar-refractivity contribution in [2.75, 3.05) is 26.3 Å². The van der Waals surface area contributed by atoms with Crippen molar-refractivity contribution in [3.63, 3.8) is 0 Å². The van der Waals surface area contributed by atoms with Crippen LogP contribution >= 0.6 is 0 Å². The lowest BCUT2D eigenvalue weighted by molar-refractivity contribution is 0.0730. The molecule has 0 atom stereocenters. The third kappa shape index (κ3) is 4.44. The molecule has 2 aromatic rings. The van der Waals surface area contributed by atoms with Crippen molar-refractivity contribution in [2.45, 2.75) is 31.3 Å². The van der Waals surface area contributed by atoms with E-state index in [4.69, 9.17) is 9.47 Å². The van der Waals surface area contributed by atoms with Crippen LogP contribution in [0.4, 0.5) is 0 Å². The summed E-state index contributed by atoms with van der Waals surface area (Å²) in [6.07, 6.45) is 0. The van der Waals surface area contributed by atoms with Crippen LogP contribution in [0.5, 0.6) is 5.75 Å². The van der Waals surface area contributed by atoms with E-state index in [0.717, 1.165) is 5.56 Å². The minimum atomic E-state index is -3.46. The molecule has 0 aromatic heterocycles. The predicted octanol–water partition coefficient (Wildman–Crippen LogP) is 3.41. The summed E-state index contributed by atoms with van der Waals surface area (Å²) in [5.74, 6) is 1.16. The Morgan fingerprint density at radius 2 is 1.62 bits per heavy atom. The summed E-state index contributed by atoms with van der Waals surface area (Å²) < 4.78 is 37.6. The van der Waals surface area contributed by atoms with Gasteiger partial charge in [0.05, 0.1) is 18.1 Å². The average Bonchev–Trinajstić information content (AvgIpc) is 2.67. The normalized spacial score (nSPS) is 16.0. The van der Waals surface area contributed by atoms with Crippen LogP contribution in [0, 0.1) is 0 Å². The Bertz CT molecular complexity index is 808. The number of rotatable bonds is 6. The molecular weight excluding hydrogens is 350 g/mol. The third-order valence-electron chi connectivity index (χ3n) is 4.48. The zero-order valence-corrected chi connectivity index (χ0v) is 16.0. The Balaban J connectivity index is 1.62. The lowest BCUT2D eigenvalue weighted by Crippen LogP contribution is -2.40. The van der Waals surface area contributed by atoms with Gasteiger partial charge in [0, 0.05) is 13.1 Å². The molecular formula is C20H25NO4S. The molecule has 1 fully saturated rings. The number of sulfonamides is 1. The molecule has 1 saturated heterocycles. The van der Waals surface area contributed by atoms with Crippen LogP contribution in [0.2, 0.25) is 0 Å².